The van der Waals surface area contributed by atoms with E-state index in [1.54, 1.807) is 24.3 Å². The molecule has 1 unspecified atom stereocenters. The molecule has 14 heteroatoms. The SMILES string of the molecule is O=C1NCC(CN2CCNCC2)OC/C=C/COc2ccc(cc2)CNc2nc(nc(OCC(F)(F)F)n2)Cc2ccc1cc2. The number of halogens is 3. The first-order chi connectivity index (χ1) is 21.8. The highest BCUT2D eigenvalue weighted by atomic mass is 19.4. The average Bonchev–Trinajstić information content (AvgIpc) is 3.03. The first kappa shape index (κ1) is 32.1. The van der Waals surface area contributed by atoms with Crippen molar-refractivity contribution >= 4 is 11.9 Å². The molecule has 11 nitrogen and oxygen atoms in total. The van der Waals surface area contributed by atoms with E-state index in [0.29, 0.717) is 44.2 Å². The number of hydrogen-bond donors (Lipinski definition) is 3. The molecule has 1 atom stereocenters. The van der Waals surface area contributed by atoms with Crippen LogP contribution in [0.1, 0.15) is 27.3 Å². The number of piperazine rings is 1. The van der Waals surface area contributed by atoms with E-state index in [2.05, 4.69) is 35.8 Å². The third-order valence-electron chi connectivity index (χ3n) is 7.08. The molecule has 8 rings (SSSR count). The Balaban J connectivity index is 1.34. The third-order valence-corrected chi connectivity index (χ3v) is 7.08. The Morgan fingerprint density at radius 1 is 0.911 bits per heavy atom. The van der Waals surface area contributed by atoms with E-state index in [1.165, 1.54) is 0 Å². The van der Waals surface area contributed by atoms with Crippen molar-refractivity contribution in [1.82, 2.24) is 30.5 Å². The number of nitrogens with one attached hydrogen (secondary N) is 3. The van der Waals surface area contributed by atoms with Crippen molar-refractivity contribution in [2.45, 2.75) is 25.2 Å². The van der Waals surface area contributed by atoms with E-state index in [9.17, 15) is 18.0 Å². The zero-order valence-corrected chi connectivity index (χ0v) is 24.7. The Morgan fingerprint density at radius 3 is 2.40 bits per heavy atom. The third kappa shape index (κ3) is 10.7. The zero-order valence-electron chi connectivity index (χ0n) is 24.7. The van der Waals surface area contributed by atoms with Gasteiger partial charge in [-0.25, -0.2) is 0 Å². The minimum absolute atomic E-state index is 0.0747. The van der Waals surface area contributed by atoms with E-state index in [4.69, 9.17) is 14.2 Å². The van der Waals surface area contributed by atoms with Gasteiger partial charge in [0.25, 0.3) is 5.91 Å². The van der Waals surface area contributed by atoms with Crippen LogP contribution in [-0.4, -0.2) is 97.1 Å². The highest BCUT2D eigenvalue weighted by Gasteiger charge is 2.29. The predicted octanol–water partition coefficient (Wildman–Crippen LogP) is 2.98. The van der Waals surface area contributed by atoms with Crippen LogP contribution in [0.4, 0.5) is 19.1 Å². The average molecular weight is 628 g/mol. The number of anilines is 1. The molecule has 0 aliphatic carbocycles. The number of carbonyl (C=O) groups excluding carboxylic acids is 1. The van der Waals surface area contributed by atoms with Crippen molar-refractivity contribution in [2.75, 3.05) is 64.4 Å². The van der Waals surface area contributed by atoms with Gasteiger partial charge in [-0.1, -0.05) is 30.3 Å². The Bertz CT molecular complexity index is 1420. The van der Waals surface area contributed by atoms with Gasteiger partial charge in [-0.3, -0.25) is 9.69 Å². The van der Waals surface area contributed by atoms with Gasteiger partial charge in [0.05, 0.1) is 12.7 Å². The first-order valence-electron chi connectivity index (χ1n) is 14.8. The monoisotopic (exact) mass is 627 g/mol. The molecule has 2 aromatic carbocycles. The van der Waals surface area contributed by atoms with Crippen LogP contribution in [0.2, 0.25) is 0 Å². The van der Waals surface area contributed by atoms with Crippen molar-refractivity contribution in [3.8, 4) is 11.8 Å². The fourth-order valence-corrected chi connectivity index (χ4v) is 4.75. The maximum absolute atomic E-state index is 13.0. The molecule has 3 N–H and O–H groups in total. The Hall–Kier alpha value is -4.27. The number of alkyl halides is 3. The van der Waals surface area contributed by atoms with Crippen molar-refractivity contribution < 1.29 is 32.2 Å². The standard InChI is InChI=1S/C31H36F3N7O4/c32-31(33,34)21-45-30-39-27-17-22-3-7-24(8-4-22)28(42)36-19-26(20-41-13-11-35-12-14-41)44-16-2-1-15-43-25-9-5-23(6-10-25)18-37-29(38-27)40-30/h1-10,26,35H,11-21H2,(H,36,42)(H,37,38,39,40)/b2-1+. The number of rotatable bonds is 4. The van der Waals surface area contributed by atoms with E-state index < -0.39 is 18.8 Å². The molecular weight excluding hydrogens is 591 g/mol. The smallest absolute Gasteiger partial charge is 0.422 e. The minimum Gasteiger partial charge on any atom is -0.490 e. The van der Waals surface area contributed by atoms with Crippen LogP contribution in [0.5, 0.6) is 11.8 Å². The van der Waals surface area contributed by atoms with Gasteiger partial charge in [0.1, 0.15) is 18.2 Å². The van der Waals surface area contributed by atoms with Crippen LogP contribution in [0.15, 0.2) is 60.7 Å². The fourth-order valence-electron chi connectivity index (χ4n) is 4.75. The molecule has 5 aliphatic heterocycles. The number of hydrogen-bond acceptors (Lipinski definition) is 10. The second-order valence-corrected chi connectivity index (χ2v) is 10.6. The summed E-state index contributed by atoms with van der Waals surface area (Å²) in [5, 5.41) is 9.35. The first-order valence-corrected chi connectivity index (χ1v) is 14.8. The summed E-state index contributed by atoms with van der Waals surface area (Å²) in [7, 11) is 0. The van der Waals surface area contributed by atoms with Gasteiger partial charge in [0.2, 0.25) is 5.95 Å². The molecule has 45 heavy (non-hydrogen) atoms. The number of benzene rings is 2. The van der Waals surface area contributed by atoms with Gasteiger partial charge in [-0.2, -0.15) is 28.1 Å². The number of amides is 1. The van der Waals surface area contributed by atoms with E-state index in [-0.39, 0.29) is 30.2 Å². The summed E-state index contributed by atoms with van der Waals surface area (Å²) < 4.78 is 55.3. The summed E-state index contributed by atoms with van der Waals surface area (Å²) in [5.41, 5.74) is 2.09. The molecule has 6 bridgehead atoms. The highest BCUT2D eigenvalue weighted by molar-refractivity contribution is 5.94. The molecule has 1 fully saturated rings. The highest BCUT2D eigenvalue weighted by Crippen LogP contribution is 2.19. The lowest BCUT2D eigenvalue weighted by atomic mass is 10.1. The molecule has 240 valence electrons. The Labute approximate surface area is 259 Å². The summed E-state index contributed by atoms with van der Waals surface area (Å²) in [6.07, 6.45) is -0.798. The van der Waals surface area contributed by atoms with Crippen molar-refractivity contribution in [1.29, 1.82) is 0 Å². The Kier molecular flexibility index (Phi) is 11.2. The largest absolute Gasteiger partial charge is 0.490 e. The molecule has 1 saturated heterocycles. The number of nitrogens with zero attached hydrogens (tertiary/aromatic N) is 4. The zero-order chi connectivity index (χ0) is 31.5. The van der Waals surface area contributed by atoms with Gasteiger partial charge in [-0.05, 0) is 41.5 Å². The van der Waals surface area contributed by atoms with E-state index >= 15 is 0 Å². The van der Waals surface area contributed by atoms with E-state index in [1.807, 2.05) is 36.4 Å². The molecule has 0 saturated carbocycles. The second kappa shape index (κ2) is 15.6. The summed E-state index contributed by atoms with van der Waals surface area (Å²) >= 11 is 0. The lowest BCUT2D eigenvalue weighted by Crippen LogP contribution is -2.49. The van der Waals surface area contributed by atoms with Crippen molar-refractivity contribution in [3.63, 3.8) is 0 Å². The van der Waals surface area contributed by atoms with Gasteiger partial charge in [0.15, 0.2) is 6.61 Å². The van der Waals surface area contributed by atoms with Crippen LogP contribution < -0.4 is 25.4 Å². The quantitative estimate of drug-likeness (QED) is 0.372. The van der Waals surface area contributed by atoms with Crippen LogP contribution in [0, 0.1) is 0 Å². The lowest BCUT2D eigenvalue weighted by molar-refractivity contribution is -0.154. The van der Waals surface area contributed by atoms with Crippen molar-refractivity contribution in [3.05, 3.63) is 83.2 Å². The van der Waals surface area contributed by atoms with Gasteiger partial charge in [-0.15, -0.1) is 0 Å². The van der Waals surface area contributed by atoms with Crippen LogP contribution in [0.3, 0.4) is 0 Å². The molecule has 0 spiro atoms. The topological polar surface area (TPSA) is 123 Å². The normalized spacial score (nSPS) is 19.5. The van der Waals surface area contributed by atoms with Crippen molar-refractivity contribution in [2.24, 2.45) is 0 Å². The molecule has 6 heterocycles. The minimum atomic E-state index is -4.55. The van der Waals surface area contributed by atoms with Gasteiger partial charge < -0.3 is 30.2 Å². The summed E-state index contributed by atoms with van der Waals surface area (Å²) in [5.74, 6) is 0.717. The summed E-state index contributed by atoms with van der Waals surface area (Å²) in [6, 6.07) is 13.8. The molecular formula is C31H36F3N7O4. The predicted molar refractivity (Wildman–Crippen MR) is 160 cm³/mol. The maximum atomic E-state index is 13.0. The summed E-state index contributed by atoms with van der Waals surface area (Å²) in [4.78, 5) is 27.8. The maximum Gasteiger partial charge on any atom is 0.422 e. The van der Waals surface area contributed by atoms with Gasteiger partial charge >= 0.3 is 12.2 Å². The fraction of sp³-hybridized carbons (Fsp3) is 0.419. The van der Waals surface area contributed by atoms with Crippen LogP contribution in [-0.2, 0) is 17.7 Å². The van der Waals surface area contributed by atoms with E-state index in [0.717, 1.165) is 37.3 Å². The number of carbonyl (C=O) groups is 1. The number of aromatic nitrogens is 3. The van der Waals surface area contributed by atoms with Crippen LogP contribution in [0.25, 0.3) is 0 Å². The lowest BCUT2D eigenvalue weighted by Gasteiger charge is -2.30. The number of ether oxygens (including phenoxy) is 3. The Morgan fingerprint density at radius 2 is 1.64 bits per heavy atom. The molecule has 0 radical (unpaired) electrons. The summed E-state index contributed by atoms with van der Waals surface area (Å²) in [6.45, 7) is 4.17. The van der Waals surface area contributed by atoms with Gasteiger partial charge in [0, 0.05) is 57.8 Å². The molecule has 1 aromatic heterocycles. The van der Waals surface area contributed by atoms with Crippen LogP contribution >= 0.6 is 0 Å². The molecule has 5 aliphatic rings. The molecule has 1 amide bonds. The second-order valence-electron chi connectivity index (χ2n) is 10.6. The molecule has 3 aromatic rings.